The minimum Gasteiger partial charge on any atom is -0.504 e. The monoisotopic (exact) mass is 624 g/mol. The van der Waals surface area contributed by atoms with E-state index in [4.69, 9.17) is 4.42 Å². The van der Waals surface area contributed by atoms with Gasteiger partial charge in [0, 0.05) is 28.1 Å². The van der Waals surface area contributed by atoms with Gasteiger partial charge >= 0.3 is 0 Å². The summed E-state index contributed by atoms with van der Waals surface area (Å²) in [6, 6.07) is 49.4. The van der Waals surface area contributed by atoms with Crippen LogP contribution >= 0.6 is 0 Å². The molecule has 49 heavy (non-hydrogen) atoms. The van der Waals surface area contributed by atoms with Crippen LogP contribution in [0, 0.1) is 11.8 Å². The summed E-state index contributed by atoms with van der Waals surface area (Å²) in [5.74, 6) is 6.81. The molecule has 1 heterocycles. The molecule has 228 valence electrons. The summed E-state index contributed by atoms with van der Waals surface area (Å²) < 4.78 is 6.29. The lowest BCUT2D eigenvalue weighted by Gasteiger charge is -2.20. The average Bonchev–Trinajstić information content (AvgIpc) is 3.37. The van der Waals surface area contributed by atoms with E-state index in [1.54, 1.807) is 0 Å². The van der Waals surface area contributed by atoms with Crippen LogP contribution in [0.1, 0.15) is 17.5 Å². The fraction of sp³-hybridized carbons (Fsp3) is 0.0213. The van der Waals surface area contributed by atoms with Crippen molar-refractivity contribution in [2.75, 3.05) is 0 Å². The quantitative estimate of drug-likeness (QED) is 0.157. The molecule has 2 heteroatoms. The first-order chi connectivity index (χ1) is 24.2. The Balaban J connectivity index is 1.36. The number of fused-ring (bicyclic) bond motifs is 8. The molecule has 0 aliphatic heterocycles. The van der Waals surface area contributed by atoms with Crippen LogP contribution in [0.4, 0.5) is 0 Å². The van der Waals surface area contributed by atoms with E-state index in [0.29, 0.717) is 12.0 Å². The number of benzene rings is 8. The van der Waals surface area contributed by atoms with Crippen molar-refractivity contribution in [3.63, 3.8) is 0 Å². The molecule has 1 aliphatic rings. The van der Waals surface area contributed by atoms with Crippen molar-refractivity contribution in [2.24, 2.45) is 0 Å². The Kier molecular flexibility index (Phi) is 6.04. The zero-order valence-corrected chi connectivity index (χ0v) is 26.5. The Morgan fingerprint density at radius 2 is 1.16 bits per heavy atom. The highest BCUT2D eigenvalue weighted by atomic mass is 16.4. The van der Waals surface area contributed by atoms with Crippen LogP contribution in [0.5, 0.6) is 5.75 Å². The molecular weight excluding hydrogens is 597 g/mol. The third kappa shape index (κ3) is 4.16. The van der Waals surface area contributed by atoms with Crippen LogP contribution in [0.15, 0.2) is 150 Å². The van der Waals surface area contributed by atoms with Gasteiger partial charge in [0.25, 0.3) is 0 Å². The Morgan fingerprint density at radius 1 is 0.531 bits per heavy atom. The van der Waals surface area contributed by atoms with Crippen molar-refractivity contribution < 1.29 is 9.52 Å². The predicted molar refractivity (Wildman–Crippen MR) is 205 cm³/mol. The van der Waals surface area contributed by atoms with Gasteiger partial charge in [0.05, 0.1) is 0 Å². The van der Waals surface area contributed by atoms with Crippen LogP contribution in [0.25, 0.3) is 93.7 Å². The molecule has 0 saturated heterocycles. The summed E-state index contributed by atoms with van der Waals surface area (Å²) in [5, 5.41) is 20.3. The Labute approximate surface area is 283 Å². The maximum atomic E-state index is 12.1. The van der Waals surface area contributed by atoms with Gasteiger partial charge in [0.15, 0.2) is 11.3 Å². The Bertz CT molecular complexity index is 2860. The molecular formula is C47H28O2. The van der Waals surface area contributed by atoms with Crippen LogP contribution in [0.3, 0.4) is 0 Å². The molecule has 2 nitrogen and oxygen atoms in total. The number of aromatic hydroxyl groups is 1. The number of rotatable bonds is 3. The van der Waals surface area contributed by atoms with E-state index >= 15 is 0 Å². The zero-order valence-electron chi connectivity index (χ0n) is 26.5. The van der Waals surface area contributed by atoms with Crippen molar-refractivity contribution >= 4 is 60.3 Å². The fourth-order valence-corrected chi connectivity index (χ4v) is 7.83. The van der Waals surface area contributed by atoms with E-state index in [1.165, 1.54) is 33.0 Å². The van der Waals surface area contributed by atoms with Crippen molar-refractivity contribution in [2.45, 2.75) is 6.42 Å². The van der Waals surface area contributed by atoms with E-state index in [9.17, 15) is 5.11 Å². The Morgan fingerprint density at radius 3 is 1.92 bits per heavy atom. The summed E-state index contributed by atoms with van der Waals surface area (Å²) >= 11 is 0. The van der Waals surface area contributed by atoms with E-state index in [0.717, 1.165) is 60.2 Å². The summed E-state index contributed by atoms with van der Waals surface area (Å²) in [4.78, 5) is 0. The summed E-state index contributed by atoms with van der Waals surface area (Å²) in [7, 11) is 0. The molecule has 0 unspecified atom stereocenters. The molecule has 1 N–H and O–H groups in total. The summed E-state index contributed by atoms with van der Waals surface area (Å²) in [5.41, 5.74) is 10.0. The van der Waals surface area contributed by atoms with Crippen LogP contribution < -0.4 is 0 Å². The molecule has 10 rings (SSSR count). The van der Waals surface area contributed by atoms with Crippen LogP contribution in [-0.4, -0.2) is 5.11 Å². The van der Waals surface area contributed by atoms with Gasteiger partial charge in [-0.3, -0.25) is 0 Å². The lowest BCUT2D eigenvalue weighted by molar-refractivity contribution is 0.475. The van der Waals surface area contributed by atoms with Gasteiger partial charge in [-0.1, -0.05) is 139 Å². The highest BCUT2D eigenvalue weighted by Gasteiger charge is 2.24. The first-order valence-electron chi connectivity index (χ1n) is 16.6. The highest BCUT2D eigenvalue weighted by Crippen LogP contribution is 2.50. The number of phenolic OH excluding ortho intramolecular Hbond substituents is 1. The van der Waals surface area contributed by atoms with E-state index in [-0.39, 0.29) is 5.75 Å². The van der Waals surface area contributed by atoms with Gasteiger partial charge in [0.1, 0.15) is 5.58 Å². The van der Waals surface area contributed by atoms with Gasteiger partial charge in [-0.05, 0) is 90.1 Å². The van der Waals surface area contributed by atoms with Gasteiger partial charge in [-0.15, -0.1) is 0 Å². The molecule has 0 bridgehead atoms. The minimum atomic E-state index is 0.134. The molecule has 1 aliphatic carbocycles. The first-order valence-corrected chi connectivity index (χ1v) is 16.6. The second-order valence-corrected chi connectivity index (χ2v) is 12.7. The van der Waals surface area contributed by atoms with Crippen LogP contribution in [0.2, 0.25) is 0 Å². The smallest absolute Gasteiger partial charge is 0.177 e. The van der Waals surface area contributed by atoms with E-state index in [1.807, 2.05) is 18.2 Å². The highest BCUT2D eigenvalue weighted by molar-refractivity contribution is 6.26. The molecule has 0 atom stereocenters. The molecule has 0 radical (unpaired) electrons. The zero-order chi connectivity index (χ0) is 32.5. The molecule has 9 aromatic rings. The molecule has 0 amide bonds. The van der Waals surface area contributed by atoms with Gasteiger partial charge in [-0.2, -0.15) is 0 Å². The topological polar surface area (TPSA) is 33.4 Å². The van der Waals surface area contributed by atoms with Gasteiger partial charge in [-0.25, -0.2) is 0 Å². The normalized spacial score (nSPS) is 12.4. The molecule has 0 spiro atoms. The average molecular weight is 625 g/mol. The second-order valence-electron chi connectivity index (χ2n) is 12.7. The lowest BCUT2D eigenvalue weighted by Crippen LogP contribution is -1.95. The first kappa shape index (κ1) is 27.5. The maximum absolute atomic E-state index is 12.1. The van der Waals surface area contributed by atoms with E-state index in [2.05, 4.69) is 145 Å². The number of phenols is 1. The second kappa shape index (κ2) is 10.7. The largest absolute Gasteiger partial charge is 0.504 e. The number of hydrogen-bond donors (Lipinski definition) is 1. The summed E-state index contributed by atoms with van der Waals surface area (Å²) in [6.07, 6.45) is 4.88. The van der Waals surface area contributed by atoms with Crippen molar-refractivity contribution in [3.8, 4) is 51.0 Å². The standard InChI is InChI=1S/C47H28O2/c48-46-45-33-19-6-2-5-16-31(33)27-39(40(45)28-41-34-20-11-12-25-42(34)49-47(41)46)44-37-23-9-7-21-35(37)43(36-22-8-10-24-38(36)44)32-18-13-17-30(26-32)29-14-3-1-4-15-29/h1,3-5,7-18,20-28,48H,2H2. The third-order valence-electron chi connectivity index (χ3n) is 9.96. The lowest BCUT2D eigenvalue weighted by atomic mass is 9.82. The van der Waals surface area contributed by atoms with Gasteiger partial charge < -0.3 is 9.52 Å². The summed E-state index contributed by atoms with van der Waals surface area (Å²) in [6.45, 7) is 0. The third-order valence-corrected chi connectivity index (χ3v) is 9.96. The Hall–Kier alpha value is -6.56. The molecule has 8 aromatic carbocycles. The minimum absolute atomic E-state index is 0.134. The predicted octanol–water partition coefficient (Wildman–Crippen LogP) is 12.5. The van der Waals surface area contributed by atoms with Crippen LogP contribution in [-0.2, 0) is 0 Å². The number of furan rings is 1. The number of para-hydroxylation sites is 1. The van der Waals surface area contributed by atoms with Crippen molar-refractivity contribution in [3.05, 3.63) is 157 Å². The van der Waals surface area contributed by atoms with E-state index < -0.39 is 0 Å². The maximum Gasteiger partial charge on any atom is 0.177 e. The SMILES string of the molecule is Oc1c2oc3ccccc3c2cc2c(-c3c4ccccc4c(-c4cccc(-c5ccccc5)c4)c4ccccc34)cc3c(c12)C#CCC=C3. The van der Waals surface area contributed by atoms with Crippen molar-refractivity contribution in [1.29, 1.82) is 0 Å². The molecule has 1 aromatic heterocycles. The van der Waals surface area contributed by atoms with Gasteiger partial charge in [0.2, 0.25) is 0 Å². The molecule has 0 saturated carbocycles. The van der Waals surface area contributed by atoms with Crippen molar-refractivity contribution in [1.82, 2.24) is 0 Å². The fourth-order valence-electron chi connectivity index (χ4n) is 7.83. The number of allylic oxidation sites excluding steroid dienone is 1. The molecule has 0 fully saturated rings. The number of hydrogen-bond acceptors (Lipinski definition) is 2.